The summed E-state index contributed by atoms with van der Waals surface area (Å²) in [6.07, 6.45) is 0.348. The van der Waals surface area contributed by atoms with Crippen LogP contribution in [-0.2, 0) is 4.74 Å². The average Bonchev–Trinajstić information content (AvgIpc) is 2.61. The van der Waals surface area contributed by atoms with Gasteiger partial charge in [-0.05, 0) is 32.0 Å². The predicted molar refractivity (Wildman–Crippen MR) is 105 cm³/mol. The smallest absolute Gasteiger partial charge is 0.226 e. The molecule has 0 radical (unpaired) electrons. The molecule has 1 aliphatic rings. The lowest BCUT2D eigenvalue weighted by molar-refractivity contribution is -0.00569. The fraction of sp³-hybridized carbons (Fsp3) is 0.300. The second kappa shape index (κ2) is 6.73. The maximum atomic E-state index is 5.85. The Labute approximate surface area is 156 Å². The average molecular weight is 398 g/mol. The Kier molecular flexibility index (Phi) is 4.44. The number of anilines is 1. The highest BCUT2D eigenvalue weighted by Crippen LogP contribution is 2.31. The van der Waals surface area contributed by atoms with Crippen molar-refractivity contribution in [3.05, 3.63) is 53.0 Å². The molecular formula is C20H20BrN3O. The van der Waals surface area contributed by atoms with Gasteiger partial charge < -0.3 is 9.64 Å². The third-order valence-electron chi connectivity index (χ3n) is 4.40. The summed E-state index contributed by atoms with van der Waals surface area (Å²) >= 11 is 3.57. The minimum atomic E-state index is 0.174. The Bertz CT molecular complexity index is 890. The third-order valence-corrected chi connectivity index (χ3v) is 4.89. The van der Waals surface area contributed by atoms with Gasteiger partial charge in [0.2, 0.25) is 5.95 Å². The molecular weight excluding hydrogens is 378 g/mol. The molecule has 0 saturated carbocycles. The summed E-state index contributed by atoms with van der Waals surface area (Å²) in [5.74, 6) is 0.774. The van der Waals surface area contributed by atoms with E-state index in [0.29, 0.717) is 0 Å². The zero-order valence-electron chi connectivity index (χ0n) is 14.3. The molecule has 3 aromatic rings. The number of ether oxygens (including phenoxy) is 1. The van der Waals surface area contributed by atoms with E-state index < -0.39 is 0 Å². The van der Waals surface area contributed by atoms with Gasteiger partial charge in [0.1, 0.15) is 0 Å². The minimum absolute atomic E-state index is 0.174. The summed E-state index contributed by atoms with van der Waals surface area (Å²) in [6.45, 7) is 5.80. The van der Waals surface area contributed by atoms with Gasteiger partial charge in [-0.2, -0.15) is 0 Å². The van der Waals surface area contributed by atoms with Crippen LogP contribution in [0.15, 0.2) is 53.0 Å². The van der Waals surface area contributed by atoms with E-state index in [1.54, 1.807) is 0 Å². The second-order valence-electron chi connectivity index (χ2n) is 6.56. The Morgan fingerprint density at radius 2 is 1.72 bits per heavy atom. The van der Waals surface area contributed by atoms with Crippen LogP contribution in [-0.4, -0.2) is 35.3 Å². The largest absolute Gasteiger partial charge is 0.372 e. The lowest BCUT2D eigenvalue weighted by atomic mass is 10.1. The van der Waals surface area contributed by atoms with Gasteiger partial charge in [0.25, 0.3) is 0 Å². The standard InChI is InChI=1S/C20H20BrN3O/c1-13-11-24(12-14(2)25-13)20-22-18-9-8-16(21)10-17(18)19(23-20)15-6-4-3-5-7-15/h3-10,13-14H,11-12H2,1-2H3/t13-,14-/m0/s1. The third kappa shape index (κ3) is 3.39. The molecule has 0 amide bonds. The maximum absolute atomic E-state index is 5.85. The first-order chi connectivity index (χ1) is 12.1. The molecule has 0 bridgehead atoms. The van der Waals surface area contributed by atoms with Crippen LogP contribution < -0.4 is 4.90 Å². The summed E-state index contributed by atoms with van der Waals surface area (Å²) in [5, 5.41) is 1.05. The Balaban J connectivity index is 1.88. The van der Waals surface area contributed by atoms with Crippen molar-refractivity contribution >= 4 is 32.8 Å². The van der Waals surface area contributed by atoms with E-state index in [1.165, 1.54) is 0 Å². The minimum Gasteiger partial charge on any atom is -0.372 e. The monoisotopic (exact) mass is 397 g/mol. The van der Waals surface area contributed by atoms with E-state index >= 15 is 0 Å². The van der Waals surface area contributed by atoms with Gasteiger partial charge >= 0.3 is 0 Å². The molecule has 25 heavy (non-hydrogen) atoms. The molecule has 0 spiro atoms. The van der Waals surface area contributed by atoms with Crippen LogP contribution in [0.5, 0.6) is 0 Å². The van der Waals surface area contributed by atoms with Gasteiger partial charge in [-0.3, -0.25) is 0 Å². The molecule has 1 fully saturated rings. The molecule has 2 atom stereocenters. The number of morpholine rings is 1. The molecule has 1 saturated heterocycles. The van der Waals surface area contributed by atoms with Gasteiger partial charge in [-0.25, -0.2) is 9.97 Å². The zero-order chi connectivity index (χ0) is 17.4. The highest BCUT2D eigenvalue weighted by molar-refractivity contribution is 9.10. The van der Waals surface area contributed by atoms with E-state index in [9.17, 15) is 0 Å². The van der Waals surface area contributed by atoms with Crippen molar-refractivity contribution in [2.24, 2.45) is 0 Å². The number of halogens is 1. The van der Waals surface area contributed by atoms with Gasteiger partial charge in [-0.15, -0.1) is 0 Å². The summed E-state index contributed by atoms with van der Waals surface area (Å²) < 4.78 is 6.88. The van der Waals surface area contributed by atoms with Crippen molar-refractivity contribution in [2.75, 3.05) is 18.0 Å². The second-order valence-corrected chi connectivity index (χ2v) is 7.48. The molecule has 2 heterocycles. The van der Waals surface area contributed by atoms with Crippen molar-refractivity contribution in [2.45, 2.75) is 26.1 Å². The van der Waals surface area contributed by atoms with Gasteiger partial charge in [-0.1, -0.05) is 46.3 Å². The van der Waals surface area contributed by atoms with E-state index in [0.717, 1.165) is 45.7 Å². The number of fused-ring (bicyclic) bond motifs is 1. The molecule has 2 aromatic carbocycles. The highest BCUT2D eigenvalue weighted by Gasteiger charge is 2.25. The Morgan fingerprint density at radius 3 is 2.44 bits per heavy atom. The predicted octanol–water partition coefficient (Wildman–Crippen LogP) is 4.67. The number of hydrogen-bond donors (Lipinski definition) is 0. The van der Waals surface area contributed by atoms with Crippen LogP contribution in [0.3, 0.4) is 0 Å². The summed E-state index contributed by atoms with van der Waals surface area (Å²) in [6, 6.07) is 16.5. The molecule has 0 aliphatic carbocycles. The maximum Gasteiger partial charge on any atom is 0.226 e. The molecule has 0 N–H and O–H groups in total. The van der Waals surface area contributed by atoms with Gasteiger partial charge in [0.05, 0.1) is 23.4 Å². The van der Waals surface area contributed by atoms with Crippen LogP contribution >= 0.6 is 15.9 Å². The topological polar surface area (TPSA) is 38.2 Å². The van der Waals surface area contributed by atoms with Crippen molar-refractivity contribution in [3.8, 4) is 11.3 Å². The molecule has 5 heteroatoms. The number of hydrogen-bond acceptors (Lipinski definition) is 4. The van der Waals surface area contributed by atoms with E-state index in [1.807, 2.05) is 30.3 Å². The molecule has 1 aromatic heterocycles. The first-order valence-corrected chi connectivity index (χ1v) is 9.32. The van der Waals surface area contributed by atoms with Gasteiger partial charge in [0.15, 0.2) is 0 Å². The number of aromatic nitrogens is 2. The number of rotatable bonds is 2. The van der Waals surface area contributed by atoms with Crippen LogP contribution in [0.2, 0.25) is 0 Å². The fourth-order valence-electron chi connectivity index (χ4n) is 3.39. The summed E-state index contributed by atoms with van der Waals surface area (Å²) in [4.78, 5) is 12.0. The Morgan fingerprint density at radius 1 is 1.00 bits per heavy atom. The van der Waals surface area contributed by atoms with E-state index in [2.05, 4.69) is 52.9 Å². The molecule has 0 unspecified atom stereocenters. The lowest BCUT2D eigenvalue weighted by Gasteiger charge is -2.35. The van der Waals surface area contributed by atoms with Crippen molar-refractivity contribution < 1.29 is 4.74 Å². The zero-order valence-corrected chi connectivity index (χ0v) is 15.9. The van der Waals surface area contributed by atoms with E-state index in [4.69, 9.17) is 14.7 Å². The van der Waals surface area contributed by atoms with Crippen LogP contribution in [0.1, 0.15) is 13.8 Å². The fourth-order valence-corrected chi connectivity index (χ4v) is 3.75. The van der Waals surface area contributed by atoms with Crippen LogP contribution in [0.25, 0.3) is 22.2 Å². The van der Waals surface area contributed by atoms with Crippen LogP contribution in [0.4, 0.5) is 5.95 Å². The Hall–Kier alpha value is -1.98. The van der Waals surface area contributed by atoms with Crippen molar-refractivity contribution in [3.63, 3.8) is 0 Å². The van der Waals surface area contributed by atoms with Crippen LogP contribution in [0, 0.1) is 0 Å². The summed E-state index contributed by atoms with van der Waals surface area (Å²) in [5.41, 5.74) is 3.02. The number of benzene rings is 2. The summed E-state index contributed by atoms with van der Waals surface area (Å²) in [7, 11) is 0. The molecule has 4 rings (SSSR count). The molecule has 128 valence electrons. The molecule has 1 aliphatic heterocycles. The van der Waals surface area contributed by atoms with Crippen molar-refractivity contribution in [1.29, 1.82) is 0 Å². The van der Waals surface area contributed by atoms with Gasteiger partial charge in [0, 0.05) is 28.5 Å². The number of nitrogens with zero attached hydrogens (tertiary/aromatic N) is 3. The quantitative estimate of drug-likeness (QED) is 0.629. The lowest BCUT2D eigenvalue weighted by Crippen LogP contribution is -2.46. The first-order valence-electron chi connectivity index (χ1n) is 8.53. The normalized spacial score (nSPS) is 20.8. The van der Waals surface area contributed by atoms with Crippen molar-refractivity contribution in [1.82, 2.24) is 9.97 Å². The first kappa shape index (κ1) is 16.5. The van der Waals surface area contributed by atoms with E-state index in [-0.39, 0.29) is 12.2 Å². The highest BCUT2D eigenvalue weighted by atomic mass is 79.9. The molecule has 4 nitrogen and oxygen atoms in total. The SMILES string of the molecule is C[C@H]1CN(c2nc(-c3ccccc3)c3cc(Br)ccc3n2)C[C@H](C)O1.